The molecule has 0 spiro atoms. The molecule has 6 nitrogen and oxygen atoms in total. The Labute approximate surface area is 140 Å². The first-order valence-corrected chi connectivity index (χ1v) is 8.25. The molecule has 1 aliphatic carbocycles. The number of ether oxygens (including phenoxy) is 1. The number of amides is 1. The van der Waals surface area contributed by atoms with Crippen LogP contribution in [0.15, 0.2) is 34.9 Å². The predicted molar refractivity (Wildman–Crippen MR) is 85.9 cm³/mol. The number of β-amino-alcohol motifs (C(OH)–C–C–N with tert-alkyl or cyclic N) is 1. The zero-order chi connectivity index (χ0) is 16.7. The van der Waals surface area contributed by atoms with Crippen molar-refractivity contribution >= 4 is 5.91 Å². The average Bonchev–Trinajstić information content (AvgIpc) is 3.20. The molecule has 1 aliphatic heterocycles. The Balaban J connectivity index is 1.60. The van der Waals surface area contributed by atoms with Crippen LogP contribution in [0.25, 0.3) is 0 Å². The summed E-state index contributed by atoms with van der Waals surface area (Å²) in [6.45, 7) is 0.292. The van der Waals surface area contributed by atoms with Gasteiger partial charge in [-0.05, 0) is 37.0 Å². The molecule has 4 rings (SSSR count). The molecule has 6 heteroatoms. The third-order valence-corrected chi connectivity index (χ3v) is 4.75. The van der Waals surface area contributed by atoms with Crippen LogP contribution in [0.3, 0.4) is 0 Å². The van der Waals surface area contributed by atoms with Crippen LogP contribution >= 0.6 is 0 Å². The number of aromatic nitrogens is 1. The molecule has 0 unspecified atom stereocenters. The highest BCUT2D eigenvalue weighted by Gasteiger charge is 2.38. The van der Waals surface area contributed by atoms with E-state index < -0.39 is 6.10 Å². The van der Waals surface area contributed by atoms with Gasteiger partial charge in [0.15, 0.2) is 0 Å². The second kappa shape index (κ2) is 5.94. The summed E-state index contributed by atoms with van der Waals surface area (Å²) in [6, 6.07) is 9.14. The lowest BCUT2D eigenvalue weighted by Crippen LogP contribution is -2.31. The predicted octanol–water partition coefficient (Wildman–Crippen LogP) is 2.51. The smallest absolute Gasteiger partial charge is 0.293 e. The topological polar surface area (TPSA) is 75.8 Å². The van der Waals surface area contributed by atoms with E-state index in [0.717, 1.165) is 29.8 Å². The fourth-order valence-electron chi connectivity index (χ4n) is 3.31. The molecule has 0 radical (unpaired) electrons. The van der Waals surface area contributed by atoms with Gasteiger partial charge in [-0.25, -0.2) is 0 Å². The molecule has 24 heavy (non-hydrogen) atoms. The lowest BCUT2D eigenvalue weighted by atomic mass is 10.0. The van der Waals surface area contributed by atoms with E-state index in [4.69, 9.17) is 9.26 Å². The Bertz CT molecular complexity index is 753. The number of carbonyl (C=O) groups excluding carboxylic acids is 1. The van der Waals surface area contributed by atoms with Gasteiger partial charge in [-0.15, -0.1) is 0 Å². The van der Waals surface area contributed by atoms with Crippen molar-refractivity contribution in [1.82, 2.24) is 10.1 Å². The third-order valence-electron chi connectivity index (χ3n) is 4.75. The number of hydrogen-bond acceptors (Lipinski definition) is 5. The zero-order valence-corrected chi connectivity index (χ0v) is 13.5. The van der Waals surface area contributed by atoms with E-state index in [2.05, 4.69) is 5.16 Å². The summed E-state index contributed by atoms with van der Waals surface area (Å²) in [5.41, 5.74) is 1.80. The van der Waals surface area contributed by atoms with Crippen LogP contribution in [-0.4, -0.2) is 40.8 Å². The Hall–Kier alpha value is -2.34. The fraction of sp³-hybridized carbons (Fsp3) is 0.444. The molecular formula is C18H20N2O4. The number of likely N-dealkylation sites (tertiary alicyclic amines) is 1. The van der Waals surface area contributed by atoms with E-state index in [1.807, 2.05) is 24.3 Å². The highest BCUT2D eigenvalue weighted by Crippen LogP contribution is 2.40. The summed E-state index contributed by atoms with van der Waals surface area (Å²) in [6.07, 6.45) is 2.17. The molecule has 2 heterocycles. The number of hydrogen-bond donors (Lipinski definition) is 1. The Morgan fingerprint density at radius 2 is 2.21 bits per heavy atom. The highest BCUT2D eigenvalue weighted by atomic mass is 16.5. The molecule has 2 aliphatic rings. The van der Waals surface area contributed by atoms with Gasteiger partial charge < -0.3 is 19.3 Å². The molecule has 1 aromatic carbocycles. The number of carbonyl (C=O) groups is 1. The van der Waals surface area contributed by atoms with Crippen LogP contribution < -0.4 is 4.74 Å². The minimum absolute atomic E-state index is 0.197. The first kappa shape index (κ1) is 15.2. The molecule has 0 bridgehead atoms. The molecule has 1 saturated carbocycles. The van der Waals surface area contributed by atoms with Crippen LogP contribution in [-0.2, 0) is 0 Å². The Morgan fingerprint density at radius 3 is 2.96 bits per heavy atom. The van der Waals surface area contributed by atoms with E-state index in [0.29, 0.717) is 18.9 Å². The van der Waals surface area contributed by atoms with Crippen LogP contribution in [0.5, 0.6) is 5.75 Å². The fourth-order valence-corrected chi connectivity index (χ4v) is 3.31. The van der Waals surface area contributed by atoms with Gasteiger partial charge in [-0.2, -0.15) is 0 Å². The van der Waals surface area contributed by atoms with Gasteiger partial charge in [0.2, 0.25) is 5.76 Å². The van der Waals surface area contributed by atoms with Crippen molar-refractivity contribution in [1.29, 1.82) is 0 Å². The van der Waals surface area contributed by atoms with Crippen LogP contribution in [0.1, 0.15) is 53.0 Å². The summed E-state index contributed by atoms with van der Waals surface area (Å²) >= 11 is 0. The summed E-state index contributed by atoms with van der Waals surface area (Å²) in [4.78, 5) is 14.5. The van der Waals surface area contributed by atoms with Crippen molar-refractivity contribution in [2.24, 2.45) is 0 Å². The van der Waals surface area contributed by atoms with E-state index in [-0.39, 0.29) is 17.7 Å². The van der Waals surface area contributed by atoms with Gasteiger partial charge in [-0.3, -0.25) is 4.79 Å². The molecule has 126 valence electrons. The number of methoxy groups -OCH3 is 1. The maximum atomic E-state index is 12.8. The van der Waals surface area contributed by atoms with Crippen molar-refractivity contribution in [2.75, 3.05) is 13.7 Å². The summed E-state index contributed by atoms with van der Waals surface area (Å²) in [5, 5.41) is 14.1. The molecule has 1 N–H and O–H groups in total. The molecule has 1 aromatic heterocycles. The van der Waals surface area contributed by atoms with Crippen LogP contribution in [0.4, 0.5) is 0 Å². The Kier molecular flexibility index (Phi) is 3.76. The lowest BCUT2D eigenvalue weighted by molar-refractivity contribution is 0.0673. The van der Waals surface area contributed by atoms with E-state index in [9.17, 15) is 9.90 Å². The normalized spacial score (nSPS) is 23.5. The second-order valence-electron chi connectivity index (χ2n) is 6.53. The van der Waals surface area contributed by atoms with Crippen molar-refractivity contribution in [3.8, 4) is 5.75 Å². The largest absolute Gasteiger partial charge is 0.497 e. The van der Waals surface area contributed by atoms with Crippen molar-refractivity contribution in [3.05, 3.63) is 47.3 Å². The Morgan fingerprint density at radius 1 is 1.38 bits per heavy atom. The van der Waals surface area contributed by atoms with E-state index in [1.165, 1.54) is 0 Å². The van der Waals surface area contributed by atoms with Crippen molar-refractivity contribution < 1.29 is 19.2 Å². The van der Waals surface area contributed by atoms with Gasteiger partial charge in [0.25, 0.3) is 5.91 Å². The summed E-state index contributed by atoms with van der Waals surface area (Å²) in [7, 11) is 1.61. The number of rotatable bonds is 4. The minimum atomic E-state index is -0.545. The second-order valence-corrected chi connectivity index (χ2v) is 6.53. The third kappa shape index (κ3) is 2.78. The molecular weight excluding hydrogens is 308 g/mol. The van der Waals surface area contributed by atoms with Crippen molar-refractivity contribution in [2.45, 2.75) is 37.3 Å². The quantitative estimate of drug-likeness (QED) is 0.933. The first-order chi connectivity index (χ1) is 11.7. The summed E-state index contributed by atoms with van der Waals surface area (Å²) in [5.74, 6) is 1.20. The van der Waals surface area contributed by atoms with Crippen molar-refractivity contribution in [3.63, 3.8) is 0 Å². The molecule has 1 amide bonds. The SMILES string of the molecule is COc1cccc([C@H]2C[C@H](O)CN2C(=O)c2cc(C3CC3)no2)c1. The number of benzene rings is 1. The van der Waals surface area contributed by atoms with Gasteiger partial charge >= 0.3 is 0 Å². The van der Waals surface area contributed by atoms with Gasteiger partial charge in [0, 0.05) is 18.5 Å². The monoisotopic (exact) mass is 328 g/mol. The summed E-state index contributed by atoms with van der Waals surface area (Å²) < 4.78 is 10.5. The van der Waals surface area contributed by atoms with Gasteiger partial charge in [-0.1, -0.05) is 17.3 Å². The van der Waals surface area contributed by atoms with Crippen LogP contribution in [0, 0.1) is 0 Å². The van der Waals surface area contributed by atoms with Gasteiger partial charge in [0.05, 0.1) is 24.9 Å². The van der Waals surface area contributed by atoms with E-state index >= 15 is 0 Å². The molecule has 1 saturated heterocycles. The molecule has 2 aromatic rings. The number of nitrogens with zero attached hydrogens (tertiary/aromatic N) is 2. The zero-order valence-electron chi connectivity index (χ0n) is 13.5. The molecule has 2 fully saturated rings. The maximum absolute atomic E-state index is 12.8. The van der Waals surface area contributed by atoms with Gasteiger partial charge in [0.1, 0.15) is 5.75 Å². The number of aliphatic hydroxyl groups excluding tert-OH is 1. The number of aliphatic hydroxyl groups is 1. The maximum Gasteiger partial charge on any atom is 0.293 e. The van der Waals surface area contributed by atoms with Crippen LogP contribution in [0.2, 0.25) is 0 Å². The standard InChI is InChI=1S/C18H20N2O4/c1-23-14-4-2-3-12(7-14)16-8-13(21)10-20(16)18(22)17-9-15(19-24-17)11-5-6-11/h2-4,7,9,11,13,16,21H,5-6,8,10H2,1H3/t13-,16+/m0/s1. The molecule has 2 atom stereocenters. The highest BCUT2D eigenvalue weighted by molar-refractivity contribution is 5.92. The van der Waals surface area contributed by atoms with E-state index in [1.54, 1.807) is 18.1 Å². The first-order valence-electron chi connectivity index (χ1n) is 8.25. The average molecular weight is 328 g/mol. The lowest BCUT2D eigenvalue weighted by Gasteiger charge is -2.23. The minimum Gasteiger partial charge on any atom is -0.497 e.